The highest BCUT2D eigenvalue weighted by molar-refractivity contribution is 4.95. The first-order chi connectivity index (χ1) is 6.88. The summed E-state index contributed by atoms with van der Waals surface area (Å²) < 4.78 is 1.92. The lowest BCUT2D eigenvalue weighted by atomic mass is 10.3. The molecule has 1 rings (SSSR count). The average Bonchev–Trinajstić information content (AvgIpc) is 2.65. The molecule has 0 radical (unpaired) electrons. The summed E-state index contributed by atoms with van der Waals surface area (Å²) in [6.07, 6.45) is 7.87. The third kappa shape index (κ3) is 3.30. The maximum atomic E-state index is 4.19. The summed E-state index contributed by atoms with van der Waals surface area (Å²) in [5.74, 6) is 1.04. The summed E-state index contributed by atoms with van der Waals surface area (Å²) >= 11 is 0. The van der Waals surface area contributed by atoms with E-state index in [4.69, 9.17) is 0 Å². The average molecular weight is 194 g/mol. The molecule has 1 aromatic heterocycles. The first kappa shape index (κ1) is 10.9. The third-order valence-corrected chi connectivity index (χ3v) is 2.02. The van der Waals surface area contributed by atoms with Gasteiger partial charge in [-0.25, -0.2) is 4.98 Å². The molecule has 0 fully saturated rings. The smallest absolute Gasteiger partial charge is 0.138 e. The molecule has 0 spiro atoms. The molecular weight excluding hydrogens is 176 g/mol. The zero-order valence-corrected chi connectivity index (χ0v) is 8.90. The third-order valence-electron chi connectivity index (χ3n) is 2.02. The van der Waals surface area contributed by atoms with E-state index >= 15 is 0 Å². The van der Waals surface area contributed by atoms with Crippen molar-refractivity contribution in [3.05, 3.63) is 24.3 Å². The van der Waals surface area contributed by atoms with Crippen molar-refractivity contribution in [1.29, 1.82) is 0 Å². The van der Waals surface area contributed by atoms with E-state index in [0.29, 0.717) is 0 Å². The number of hydrogen-bond donors (Lipinski definition) is 1. The van der Waals surface area contributed by atoms with Gasteiger partial charge in [0.05, 0.1) is 0 Å². The Kier molecular flexibility index (Phi) is 4.93. The van der Waals surface area contributed by atoms with Crippen LogP contribution in [0, 0.1) is 0 Å². The van der Waals surface area contributed by atoms with Crippen LogP contribution in [-0.2, 0) is 13.0 Å². The molecule has 1 aromatic rings. The van der Waals surface area contributed by atoms with E-state index in [1.165, 1.54) is 0 Å². The number of nitrogens with zero attached hydrogens (tertiary/aromatic N) is 3. The van der Waals surface area contributed by atoms with Crippen molar-refractivity contribution >= 4 is 0 Å². The summed E-state index contributed by atoms with van der Waals surface area (Å²) in [7, 11) is 1.96. The Morgan fingerprint density at radius 1 is 1.50 bits per heavy atom. The van der Waals surface area contributed by atoms with Crippen LogP contribution in [-0.4, -0.2) is 28.4 Å². The van der Waals surface area contributed by atoms with Gasteiger partial charge in [0, 0.05) is 13.0 Å². The molecular formula is C10H18N4. The van der Waals surface area contributed by atoms with Crippen molar-refractivity contribution in [3.63, 3.8) is 0 Å². The van der Waals surface area contributed by atoms with Crippen molar-refractivity contribution in [2.75, 3.05) is 13.6 Å². The molecule has 14 heavy (non-hydrogen) atoms. The SMILES string of the molecule is CCn1ncnc1CC=CCCNC. The van der Waals surface area contributed by atoms with Crippen LogP contribution in [0.1, 0.15) is 19.2 Å². The van der Waals surface area contributed by atoms with Crippen LogP contribution < -0.4 is 5.32 Å². The number of aromatic nitrogens is 3. The summed E-state index contributed by atoms with van der Waals surface area (Å²) in [4.78, 5) is 4.19. The number of hydrogen-bond acceptors (Lipinski definition) is 3. The Morgan fingerprint density at radius 2 is 2.36 bits per heavy atom. The molecule has 4 nitrogen and oxygen atoms in total. The molecule has 0 amide bonds. The number of nitrogens with one attached hydrogen (secondary N) is 1. The second kappa shape index (κ2) is 6.32. The van der Waals surface area contributed by atoms with E-state index in [1.54, 1.807) is 6.33 Å². The highest BCUT2D eigenvalue weighted by Gasteiger charge is 1.98. The van der Waals surface area contributed by atoms with Crippen LogP contribution in [0.25, 0.3) is 0 Å². The molecule has 4 heteroatoms. The molecule has 0 aliphatic heterocycles. The molecule has 1 heterocycles. The zero-order valence-electron chi connectivity index (χ0n) is 8.90. The number of allylic oxidation sites excluding steroid dienone is 1. The molecule has 1 N–H and O–H groups in total. The number of aryl methyl sites for hydroxylation is 1. The van der Waals surface area contributed by atoms with E-state index in [9.17, 15) is 0 Å². The molecule has 78 valence electrons. The fraction of sp³-hybridized carbons (Fsp3) is 0.600. The lowest BCUT2D eigenvalue weighted by molar-refractivity contribution is 0.626. The van der Waals surface area contributed by atoms with Gasteiger partial charge in [-0.3, -0.25) is 4.68 Å². The maximum Gasteiger partial charge on any atom is 0.138 e. The molecule has 0 saturated heterocycles. The second-order valence-electron chi connectivity index (χ2n) is 3.06. The normalized spacial score (nSPS) is 11.3. The fourth-order valence-corrected chi connectivity index (χ4v) is 1.24. The minimum atomic E-state index is 0.873. The van der Waals surface area contributed by atoms with Gasteiger partial charge in [-0.15, -0.1) is 0 Å². The summed E-state index contributed by atoms with van der Waals surface area (Å²) in [5, 5.41) is 7.21. The van der Waals surface area contributed by atoms with Gasteiger partial charge in [0.25, 0.3) is 0 Å². The molecule has 0 saturated carbocycles. The standard InChI is InChI=1S/C10H18N4/c1-3-14-10(12-9-13-14)7-5-4-6-8-11-2/h4-5,9,11H,3,6-8H2,1-2H3. The first-order valence-electron chi connectivity index (χ1n) is 5.04. The van der Waals surface area contributed by atoms with Crippen molar-refractivity contribution in [2.24, 2.45) is 0 Å². The Balaban J connectivity index is 2.33. The lowest BCUT2D eigenvalue weighted by Gasteiger charge is -1.98. The summed E-state index contributed by atoms with van der Waals surface area (Å²) in [6.45, 7) is 3.99. The van der Waals surface area contributed by atoms with Gasteiger partial charge in [0.2, 0.25) is 0 Å². The lowest BCUT2D eigenvalue weighted by Crippen LogP contribution is -2.06. The van der Waals surface area contributed by atoms with Gasteiger partial charge in [0.15, 0.2) is 0 Å². The monoisotopic (exact) mass is 194 g/mol. The minimum absolute atomic E-state index is 0.873. The first-order valence-corrected chi connectivity index (χ1v) is 5.04. The van der Waals surface area contributed by atoms with Crippen LogP contribution in [0.4, 0.5) is 0 Å². The highest BCUT2D eigenvalue weighted by atomic mass is 15.3. The largest absolute Gasteiger partial charge is 0.319 e. The van der Waals surface area contributed by atoms with Gasteiger partial charge in [-0.05, 0) is 26.9 Å². The van der Waals surface area contributed by atoms with Crippen LogP contribution in [0.15, 0.2) is 18.5 Å². The summed E-state index contributed by atoms with van der Waals surface area (Å²) in [5.41, 5.74) is 0. The molecule has 0 aliphatic carbocycles. The minimum Gasteiger partial charge on any atom is -0.319 e. The van der Waals surface area contributed by atoms with E-state index < -0.39 is 0 Å². The van der Waals surface area contributed by atoms with Crippen LogP contribution in [0.5, 0.6) is 0 Å². The van der Waals surface area contributed by atoms with Crippen molar-refractivity contribution in [3.8, 4) is 0 Å². The molecule has 0 atom stereocenters. The Morgan fingerprint density at radius 3 is 3.07 bits per heavy atom. The topological polar surface area (TPSA) is 42.7 Å². The van der Waals surface area contributed by atoms with Crippen molar-refractivity contribution < 1.29 is 0 Å². The Hall–Kier alpha value is -1.16. The molecule has 0 aliphatic rings. The van der Waals surface area contributed by atoms with E-state index in [1.807, 2.05) is 11.7 Å². The van der Waals surface area contributed by atoms with E-state index in [0.717, 1.165) is 31.8 Å². The van der Waals surface area contributed by atoms with Crippen LogP contribution >= 0.6 is 0 Å². The zero-order chi connectivity index (χ0) is 10.2. The van der Waals surface area contributed by atoms with Crippen molar-refractivity contribution in [1.82, 2.24) is 20.1 Å². The quantitative estimate of drug-likeness (QED) is 0.543. The Bertz CT molecular complexity index is 277. The predicted octanol–water partition coefficient (Wildman–Crippen LogP) is 1.01. The molecule has 0 bridgehead atoms. The van der Waals surface area contributed by atoms with E-state index in [2.05, 4.69) is 34.5 Å². The van der Waals surface area contributed by atoms with Crippen LogP contribution in [0.3, 0.4) is 0 Å². The number of rotatable bonds is 6. The van der Waals surface area contributed by atoms with Crippen LogP contribution in [0.2, 0.25) is 0 Å². The Labute approximate surface area is 85.0 Å². The fourth-order valence-electron chi connectivity index (χ4n) is 1.24. The van der Waals surface area contributed by atoms with Gasteiger partial charge >= 0.3 is 0 Å². The van der Waals surface area contributed by atoms with E-state index in [-0.39, 0.29) is 0 Å². The maximum absolute atomic E-state index is 4.19. The molecule has 0 aromatic carbocycles. The van der Waals surface area contributed by atoms with Gasteiger partial charge in [-0.2, -0.15) is 5.10 Å². The highest BCUT2D eigenvalue weighted by Crippen LogP contribution is 1.96. The van der Waals surface area contributed by atoms with Gasteiger partial charge < -0.3 is 5.32 Å². The van der Waals surface area contributed by atoms with Gasteiger partial charge in [-0.1, -0.05) is 12.2 Å². The molecule has 0 unspecified atom stereocenters. The predicted molar refractivity (Wildman–Crippen MR) is 57.1 cm³/mol. The summed E-state index contributed by atoms with van der Waals surface area (Å²) in [6, 6.07) is 0. The second-order valence-corrected chi connectivity index (χ2v) is 3.06. The van der Waals surface area contributed by atoms with Crippen molar-refractivity contribution in [2.45, 2.75) is 26.3 Å². The van der Waals surface area contributed by atoms with Gasteiger partial charge in [0.1, 0.15) is 12.2 Å².